The normalized spacial score (nSPS) is 9.92. The van der Waals surface area contributed by atoms with Crippen molar-refractivity contribution in [3.63, 3.8) is 0 Å². The first-order valence-corrected chi connectivity index (χ1v) is 8.46. The molecule has 0 bridgehead atoms. The summed E-state index contributed by atoms with van der Waals surface area (Å²) in [7, 11) is 0. The van der Waals surface area contributed by atoms with Crippen LogP contribution in [-0.2, 0) is 0 Å². The molecule has 0 heterocycles. The molecule has 0 radical (unpaired) electrons. The predicted octanol–water partition coefficient (Wildman–Crippen LogP) is 3.33. The second kappa shape index (κ2) is 8.56. The topological polar surface area (TPSA) is 70.2 Å². The molecule has 2 rings (SSSR count). The van der Waals surface area contributed by atoms with Gasteiger partial charge in [0.05, 0.1) is 0 Å². The Kier molecular flexibility index (Phi) is 6.45. The molecule has 0 saturated carbocycles. The molecule has 124 valence electrons. The highest BCUT2D eigenvalue weighted by Crippen LogP contribution is 2.12. The average Bonchev–Trinajstić information content (AvgIpc) is 2.55. The van der Waals surface area contributed by atoms with Gasteiger partial charge in [-0.1, -0.05) is 22.0 Å². The second-order valence-corrected chi connectivity index (χ2v) is 6.18. The predicted molar refractivity (Wildman–Crippen MR) is 102 cm³/mol. The third-order valence-corrected chi connectivity index (χ3v) is 3.75. The van der Waals surface area contributed by atoms with Gasteiger partial charge in [0.2, 0.25) is 0 Å². The van der Waals surface area contributed by atoms with Gasteiger partial charge in [-0.05, 0) is 61.6 Å². The minimum Gasteiger partial charge on any atom is -0.352 e. The first-order chi connectivity index (χ1) is 11.5. The van der Waals surface area contributed by atoms with Crippen molar-refractivity contribution in [1.29, 1.82) is 0 Å². The molecule has 24 heavy (non-hydrogen) atoms. The van der Waals surface area contributed by atoms with Crippen molar-refractivity contribution in [2.45, 2.75) is 6.92 Å². The summed E-state index contributed by atoms with van der Waals surface area (Å²) in [5, 5.41) is 8.43. The number of hydrogen-bond acceptors (Lipinski definition) is 3. The lowest BCUT2D eigenvalue weighted by molar-refractivity contribution is 0.0953. The fourth-order valence-electron chi connectivity index (χ4n) is 1.93. The van der Waals surface area contributed by atoms with Crippen LogP contribution in [0.25, 0.3) is 0 Å². The van der Waals surface area contributed by atoms with Crippen LogP contribution in [0.15, 0.2) is 53.0 Å². The van der Waals surface area contributed by atoms with Crippen molar-refractivity contribution in [2.75, 3.05) is 11.9 Å². The van der Waals surface area contributed by atoms with E-state index in [0.717, 1.165) is 4.47 Å². The van der Waals surface area contributed by atoms with E-state index in [1.54, 1.807) is 42.5 Å². The van der Waals surface area contributed by atoms with Gasteiger partial charge >= 0.3 is 0 Å². The van der Waals surface area contributed by atoms with Crippen molar-refractivity contribution >= 4 is 50.8 Å². The molecular weight excluding hydrogens is 390 g/mol. The van der Waals surface area contributed by atoms with Crippen LogP contribution in [0, 0.1) is 0 Å². The smallest absolute Gasteiger partial charge is 0.257 e. The molecule has 0 aliphatic carbocycles. The summed E-state index contributed by atoms with van der Waals surface area (Å²) in [6.07, 6.45) is 0. The van der Waals surface area contributed by atoms with Crippen LogP contribution in [0.1, 0.15) is 27.6 Å². The van der Waals surface area contributed by atoms with Crippen LogP contribution in [0.5, 0.6) is 0 Å². The van der Waals surface area contributed by atoms with E-state index >= 15 is 0 Å². The number of rotatable bonds is 4. The van der Waals surface area contributed by atoms with Gasteiger partial charge in [-0.3, -0.25) is 14.9 Å². The van der Waals surface area contributed by atoms with Gasteiger partial charge in [0, 0.05) is 27.8 Å². The first-order valence-electron chi connectivity index (χ1n) is 7.25. The number of anilines is 1. The molecule has 0 unspecified atom stereocenters. The molecule has 0 aliphatic heterocycles. The van der Waals surface area contributed by atoms with Crippen molar-refractivity contribution in [2.24, 2.45) is 0 Å². The standard InChI is InChI=1S/C17H16BrN3O2S/c1-2-19-15(22)11-6-8-14(9-7-11)20-17(24)21-16(23)12-4-3-5-13(18)10-12/h3-10H,2H2,1H3,(H,19,22)(H2,20,21,23,24). The van der Waals surface area contributed by atoms with Crippen molar-refractivity contribution in [3.8, 4) is 0 Å². The zero-order valence-corrected chi connectivity index (χ0v) is 15.3. The van der Waals surface area contributed by atoms with Crippen LogP contribution in [0.3, 0.4) is 0 Å². The van der Waals surface area contributed by atoms with Crippen LogP contribution in [0.4, 0.5) is 5.69 Å². The van der Waals surface area contributed by atoms with E-state index < -0.39 is 0 Å². The monoisotopic (exact) mass is 405 g/mol. The van der Waals surface area contributed by atoms with Crippen LogP contribution >= 0.6 is 28.1 Å². The SMILES string of the molecule is CCNC(=O)c1ccc(NC(=S)NC(=O)c2cccc(Br)c2)cc1. The highest BCUT2D eigenvalue weighted by atomic mass is 79.9. The van der Waals surface area contributed by atoms with Crippen molar-refractivity contribution < 1.29 is 9.59 Å². The summed E-state index contributed by atoms with van der Waals surface area (Å²) in [5.74, 6) is -0.428. The number of nitrogens with one attached hydrogen (secondary N) is 3. The summed E-state index contributed by atoms with van der Waals surface area (Å²) < 4.78 is 0.815. The Hall–Kier alpha value is -2.25. The largest absolute Gasteiger partial charge is 0.352 e. The summed E-state index contributed by atoms with van der Waals surface area (Å²) in [6.45, 7) is 2.44. The molecule has 2 aromatic rings. The lowest BCUT2D eigenvalue weighted by atomic mass is 10.2. The Morgan fingerprint density at radius 1 is 1.04 bits per heavy atom. The molecule has 0 aromatic heterocycles. The van der Waals surface area contributed by atoms with E-state index in [-0.39, 0.29) is 16.9 Å². The second-order valence-electron chi connectivity index (χ2n) is 4.86. The third-order valence-electron chi connectivity index (χ3n) is 3.06. The van der Waals surface area contributed by atoms with Gasteiger partial charge in [-0.25, -0.2) is 0 Å². The Morgan fingerprint density at radius 2 is 1.75 bits per heavy atom. The summed E-state index contributed by atoms with van der Waals surface area (Å²) in [6, 6.07) is 13.8. The molecule has 5 nitrogen and oxygen atoms in total. The van der Waals surface area contributed by atoms with E-state index in [1.807, 2.05) is 13.0 Å². The highest BCUT2D eigenvalue weighted by Gasteiger charge is 2.09. The molecule has 2 amide bonds. The van der Waals surface area contributed by atoms with Gasteiger partial charge < -0.3 is 10.6 Å². The van der Waals surface area contributed by atoms with Crippen molar-refractivity contribution in [3.05, 3.63) is 64.1 Å². The molecule has 3 N–H and O–H groups in total. The van der Waals surface area contributed by atoms with E-state index in [9.17, 15) is 9.59 Å². The van der Waals surface area contributed by atoms with E-state index in [2.05, 4.69) is 31.9 Å². The van der Waals surface area contributed by atoms with Crippen LogP contribution in [0.2, 0.25) is 0 Å². The maximum atomic E-state index is 12.1. The summed E-state index contributed by atoms with van der Waals surface area (Å²) in [4.78, 5) is 23.8. The molecule has 7 heteroatoms. The fourth-order valence-corrected chi connectivity index (χ4v) is 2.54. The lowest BCUT2D eigenvalue weighted by Crippen LogP contribution is -2.34. The van der Waals surface area contributed by atoms with Gasteiger partial charge in [-0.2, -0.15) is 0 Å². The lowest BCUT2D eigenvalue weighted by Gasteiger charge is -2.10. The highest BCUT2D eigenvalue weighted by molar-refractivity contribution is 9.10. The average molecular weight is 406 g/mol. The number of carbonyl (C=O) groups is 2. The van der Waals surface area contributed by atoms with Crippen LogP contribution < -0.4 is 16.0 Å². The van der Waals surface area contributed by atoms with Gasteiger partial charge in [0.1, 0.15) is 0 Å². The molecular formula is C17H16BrN3O2S. The number of halogens is 1. The van der Waals surface area contributed by atoms with Crippen LogP contribution in [-0.4, -0.2) is 23.5 Å². The van der Waals surface area contributed by atoms with E-state index in [0.29, 0.717) is 23.4 Å². The number of carbonyl (C=O) groups excluding carboxylic acids is 2. The van der Waals surface area contributed by atoms with Crippen molar-refractivity contribution in [1.82, 2.24) is 10.6 Å². The quantitative estimate of drug-likeness (QED) is 0.682. The maximum absolute atomic E-state index is 12.1. The number of benzene rings is 2. The zero-order chi connectivity index (χ0) is 17.5. The Morgan fingerprint density at radius 3 is 2.38 bits per heavy atom. The summed E-state index contributed by atoms with van der Waals surface area (Å²) in [5.41, 5.74) is 1.74. The van der Waals surface area contributed by atoms with E-state index in [1.165, 1.54) is 0 Å². The molecule has 0 atom stereocenters. The maximum Gasteiger partial charge on any atom is 0.257 e. The first kappa shape index (κ1) is 18.1. The number of amides is 2. The molecule has 2 aromatic carbocycles. The molecule has 0 spiro atoms. The summed E-state index contributed by atoms with van der Waals surface area (Å²) >= 11 is 8.46. The molecule has 0 fully saturated rings. The Balaban J connectivity index is 1.94. The minimum atomic E-state index is -0.298. The number of hydrogen-bond donors (Lipinski definition) is 3. The minimum absolute atomic E-state index is 0.130. The fraction of sp³-hybridized carbons (Fsp3) is 0.118. The third kappa shape index (κ3) is 5.14. The molecule has 0 saturated heterocycles. The van der Waals surface area contributed by atoms with Gasteiger partial charge in [0.15, 0.2) is 5.11 Å². The zero-order valence-electron chi connectivity index (χ0n) is 12.9. The van der Waals surface area contributed by atoms with E-state index in [4.69, 9.17) is 12.2 Å². The van der Waals surface area contributed by atoms with Gasteiger partial charge in [0.25, 0.3) is 11.8 Å². The molecule has 0 aliphatic rings. The van der Waals surface area contributed by atoms with Gasteiger partial charge in [-0.15, -0.1) is 0 Å². The Bertz CT molecular complexity index is 763. The Labute approximate surface area is 154 Å². The number of thiocarbonyl (C=S) groups is 1.